The molecule has 132 valence electrons. The van der Waals surface area contributed by atoms with Crippen molar-refractivity contribution in [1.29, 1.82) is 0 Å². The Labute approximate surface area is 140 Å². The summed E-state index contributed by atoms with van der Waals surface area (Å²) in [5.41, 5.74) is 6.01. The average Bonchev–Trinajstić information content (AvgIpc) is 2.53. The number of amides is 2. The normalized spacial score (nSPS) is 24.8. The molecule has 0 bridgehead atoms. The second kappa shape index (κ2) is 8.13. The van der Waals surface area contributed by atoms with Gasteiger partial charge < -0.3 is 15.5 Å². The van der Waals surface area contributed by atoms with E-state index in [-0.39, 0.29) is 11.8 Å². The molecule has 0 aromatic rings. The summed E-state index contributed by atoms with van der Waals surface area (Å²) in [5.74, 6) is 1.48. The van der Waals surface area contributed by atoms with Crippen molar-refractivity contribution in [2.45, 2.75) is 58.9 Å². The third-order valence-electron chi connectivity index (χ3n) is 5.17. The highest BCUT2D eigenvalue weighted by molar-refractivity contribution is 5.83. The maximum Gasteiger partial charge on any atom is 0.239 e. The van der Waals surface area contributed by atoms with Gasteiger partial charge in [-0.2, -0.15) is 0 Å². The van der Waals surface area contributed by atoms with Gasteiger partial charge in [0.05, 0.1) is 6.04 Å². The molecule has 2 aliphatic rings. The number of rotatable bonds is 4. The summed E-state index contributed by atoms with van der Waals surface area (Å²) in [6, 6.07) is -0.398. The number of hydrogen-bond donors (Lipinski definition) is 1. The lowest BCUT2D eigenvalue weighted by Crippen LogP contribution is -2.50. The number of likely N-dealkylation sites (tertiary alicyclic amines) is 2. The second-order valence-electron chi connectivity index (χ2n) is 7.87. The van der Waals surface area contributed by atoms with Crippen molar-refractivity contribution < 1.29 is 9.59 Å². The predicted octanol–water partition coefficient (Wildman–Crippen LogP) is 1.86. The van der Waals surface area contributed by atoms with Crippen molar-refractivity contribution in [3.05, 3.63) is 0 Å². The van der Waals surface area contributed by atoms with Crippen LogP contribution >= 0.6 is 0 Å². The van der Waals surface area contributed by atoms with E-state index in [1.165, 1.54) is 6.42 Å². The summed E-state index contributed by atoms with van der Waals surface area (Å²) in [7, 11) is 0. The molecule has 0 spiro atoms. The highest BCUT2D eigenvalue weighted by Gasteiger charge is 2.32. The van der Waals surface area contributed by atoms with E-state index in [2.05, 4.69) is 20.8 Å². The zero-order valence-electron chi connectivity index (χ0n) is 15.0. The zero-order valence-corrected chi connectivity index (χ0v) is 15.0. The van der Waals surface area contributed by atoms with E-state index in [1.54, 1.807) is 0 Å². The highest BCUT2D eigenvalue weighted by Crippen LogP contribution is 2.24. The molecule has 1 unspecified atom stereocenters. The van der Waals surface area contributed by atoms with Gasteiger partial charge in [0.2, 0.25) is 11.8 Å². The van der Waals surface area contributed by atoms with Crippen molar-refractivity contribution in [2.75, 3.05) is 26.2 Å². The number of piperidine rings is 2. The molecule has 2 atom stereocenters. The van der Waals surface area contributed by atoms with Crippen molar-refractivity contribution in [2.24, 2.45) is 23.5 Å². The Morgan fingerprint density at radius 3 is 2.30 bits per heavy atom. The topological polar surface area (TPSA) is 66.6 Å². The zero-order chi connectivity index (χ0) is 17.0. The summed E-state index contributed by atoms with van der Waals surface area (Å²) in [6.07, 6.45) is 4.63. The second-order valence-corrected chi connectivity index (χ2v) is 7.87. The van der Waals surface area contributed by atoms with E-state index in [1.807, 2.05) is 9.80 Å². The molecule has 2 heterocycles. The van der Waals surface area contributed by atoms with Gasteiger partial charge in [-0.3, -0.25) is 9.59 Å². The van der Waals surface area contributed by atoms with Crippen LogP contribution < -0.4 is 5.73 Å². The van der Waals surface area contributed by atoms with E-state index in [9.17, 15) is 9.59 Å². The minimum absolute atomic E-state index is 0.0520. The fourth-order valence-corrected chi connectivity index (χ4v) is 3.84. The Balaban J connectivity index is 1.81. The van der Waals surface area contributed by atoms with Crippen LogP contribution in [-0.4, -0.2) is 53.8 Å². The summed E-state index contributed by atoms with van der Waals surface area (Å²) >= 11 is 0. The molecule has 2 amide bonds. The van der Waals surface area contributed by atoms with Crippen molar-refractivity contribution in [3.63, 3.8) is 0 Å². The SMILES string of the molecule is CC(C)C[C@H](N)C(=O)N1CCC(C(=O)N2CCCC(C)C2)CC1. The van der Waals surface area contributed by atoms with Crippen LogP contribution in [-0.2, 0) is 9.59 Å². The molecule has 2 fully saturated rings. The van der Waals surface area contributed by atoms with Crippen molar-refractivity contribution in [3.8, 4) is 0 Å². The van der Waals surface area contributed by atoms with E-state index >= 15 is 0 Å². The van der Waals surface area contributed by atoms with E-state index in [0.29, 0.717) is 30.8 Å². The Kier molecular flexibility index (Phi) is 6.45. The maximum absolute atomic E-state index is 12.7. The van der Waals surface area contributed by atoms with Crippen LogP contribution in [0.5, 0.6) is 0 Å². The van der Waals surface area contributed by atoms with Gasteiger partial charge in [0.15, 0.2) is 0 Å². The third kappa shape index (κ3) is 4.93. The molecule has 2 saturated heterocycles. The fourth-order valence-electron chi connectivity index (χ4n) is 3.84. The Hall–Kier alpha value is -1.10. The molecule has 2 rings (SSSR count). The molecule has 0 aromatic carbocycles. The minimum Gasteiger partial charge on any atom is -0.342 e. The van der Waals surface area contributed by atoms with E-state index < -0.39 is 6.04 Å². The first-order valence-corrected chi connectivity index (χ1v) is 9.21. The highest BCUT2D eigenvalue weighted by atomic mass is 16.2. The molecule has 0 aromatic heterocycles. The average molecular weight is 323 g/mol. The molecule has 23 heavy (non-hydrogen) atoms. The standard InChI is InChI=1S/C18H33N3O2/c1-13(2)11-16(19)18(23)20-9-6-15(7-10-20)17(22)21-8-4-5-14(3)12-21/h13-16H,4-12,19H2,1-3H3/t14?,16-/m0/s1. The largest absolute Gasteiger partial charge is 0.342 e. The quantitative estimate of drug-likeness (QED) is 0.858. The molecular weight excluding hydrogens is 290 g/mol. The van der Waals surface area contributed by atoms with Gasteiger partial charge in [-0.25, -0.2) is 0 Å². The lowest BCUT2D eigenvalue weighted by Gasteiger charge is -2.37. The summed E-state index contributed by atoms with van der Waals surface area (Å²) in [6.45, 7) is 9.53. The summed E-state index contributed by atoms with van der Waals surface area (Å²) in [4.78, 5) is 28.9. The number of nitrogens with two attached hydrogens (primary N) is 1. The van der Waals surface area contributed by atoms with Crippen molar-refractivity contribution >= 4 is 11.8 Å². The van der Waals surface area contributed by atoms with Crippen LogP contribution in [0.1, 0.15) is 52.9 Å². The van der Waals surface area contributed by atoms with Gasteiger partial charge in [-0.1, -0.05) is 20.8 Å². The van der Waals surface area contributed by atoms with Crippen LogP contribution in [0.4, 0.5) is 0 Å². The van der Waals surface area contributed by atoms with Gasteiger partial charge in [0.25, 0.3) is 0 Å². The van der Waals surface area contributed by atoms with Gasteiger partial charge in [0.1, 0.15) is 0 Å². The molecule has 2 N–H and O–H groups in total. The van der Waals surface area contributed by atoms with Crippen LogP contribution in [0.2, 0.25) is 0 Å². The van der Waals surface area contributed by atoms with Gasteiger partial charge in [-0.05, 0) is 43.9 Å². The molecule has 5 nitrogen and oxygen atoms in total. The maximum atomic E-state index is 12.7. The smallest absolute Gasteiger partial charge is 0.239 e. The van der Waals surface area contributed by atoms with Gasteiger partial charge in [0, 0.05) is 32.1 Å². The monoisotopic (exact) mass is 323 g/mol. The molecule has 2 aliphatic heterocycles. The van der Waals surface area contributed by atoms with Crippen LogP contribution in [0, 0.1) is 17.8 Å². The van der Waals surface area contributed by atoms with Crippen molar-refractivity contribution in [1.82, 2.24) is 9.80 Å². The number of carbonyl (C=O) groups is 2. The predicted molar refractivity (Wildman–Crippen MR) is 91.7 cm³/mol. The third-order valence-corrected chi connectivity index (χ3v) is 5.17. The Morgan fingerprint density at radius 1 is 1.09 bits per heavy atom. The molecule has 0 saturated carbocycles. The number of carbonyl (C=O) groups excluding carboxylic acids is 2. The van der Waals surface area contributed by atoms with Gasteiger partial charge >= 0.3 is 0 Å². The Bertz CT molecular complexity index is 416. The van der Waals surface area contributed by atoms with Gasteiger partial charge in [-0.15, -0.1) is 0 Å². The van der Waals surface area contributed by atoms with Crippen LogP contribution in [0.3, 0.4) is 0 Å². The first-order chi connectivity index (χ1) is 10.9. The first kappa shape index (κ1) is 18.2. The van der Waals surface area contributed by atoms with E-state index in [4.69, 9.17) is 5.73 Å². The first-order valence-electron chi connectivity index (χ1n) is 9.21. The molecular formula is C18H33N3O2. The number of hydrogen-bond acceptors (Lipinski definition) is 3. The lowest BCUT2D eigenvalue weighted by molar-refractivity contribution is -0.142. The van der Waals surface area contributed by atoms with E-state index in [0.717, 1.165) is 38.8 Å². The molecule has 0 aliphatic carbocycles. The number of nitrogens with zero attached hydrogens (tertiary/aromatic N) is 2. The summed E-state index contributed by atoms with van der Waals surface area (Å²) < 4.78 is 0. The lowest BCUT2D eigenvalue weighted by atomic mass is 9.92. The van der Waals surface area contributed by atoms with Crippen LogP contribution in [0.25, 0.3) is 0 Å². The molecule has 5 heteroatoms. The summed E-state index contributed by atoms with van der Waals surface area (Å²) in [5, 5.41) is 0. The fraction of sp³-hybridized carbons (Fsp3) is 0.889. The van der Waals surface area contributed by atoms with Crippen LogP contribution in [0.15, 0.2) is 0 Å². The minimum atomic E-state index is -0.398. The molecule has 0 radical (unpaired) electrons. The Morgan fingerprint density at radius 2 is 1.74 bits per heavy atom.